The van der Waals surface area contributed by atoms with Crippen molar-refractivity contribution in [2.45, 2.75) is 4.90 Å². The maximum absolute atomic E-state index is 10.7. The number of aromatic carboxylic acids is 1. The van der Waals surface area contributed by atoms with Crippen LogP contribution in [0.2, 0.25) is 0 Å². The number of hydrogen-bond acceptors (Lipinski definition) is 5. The van der Waals surface area contributed by atoms with Gasteiger partial charge in [0.1, 0.15) is 0 Å². The van der Waals surface area contributed by atoms with Crippen LogP contribution in [-0.2, 0) is 10.1 Å². The molecule has 0 atom stereocenters. The second kappa shape index (κ2) is 4.24. The van der Waals surface area contributed by atoms with E-state index >= 15 is 0 Å². The number of nitrogens with zero attached hydrogens (tertiary/aromatic N) is 1. The number of nitrogens with one attached hydrogen (secondary N) is 1. The number of nitroso groups, excluding NO2 is 1. The Labute approximate surface area is 89.6 Å². The first-order chi connectivity index (χ1) is 7.36. The minimum absolute atomic E-state index is 0.171. The van der Waals surface area contributed by atoms with Crippen molar-refractivity contribution in [1.29, 1.82) is 0 Å². The third-order valence-electron chi connectivity index (χ3n) is 1.69. The quantitative estimate of drug-likeness (QED) is 0.405. The van der Waals surface area contributed by atoms with Gasteiger partial charge in [0, 0.05) is 0 Å². The summed E-state index contributed by atoms with van der Waals surface area (Å²) < 4.78 is 30.2. The number of anilines is 1. The smallest absolute Gasteiger partial charge is 0.337 e. The van der Waals surface area contributed by atoms with Crippen LogP contribution in [0.15, 0.2) is 28.4 Å². The molecule has 8 nitrogen and oxygen atoms in total. The lowest BCUT2D eigenvalue weighted by molar-refractivity contribution is 0.0697. The summed E-state index contributed by atoms with van der Waals surface area (Å²) in [6, 6.07) is 2.66. The van der Waals surface area contributed by atoms with Gasteiger partial charge in [-0.05, 0) is 18.2 Å². The van der Waals surface area contributed by atoms with E-state index in [9.17, 15) is 18.1 Å². The Kier molecular flexibility index (Phi) is 3.20. The lowest BCUT2D eigenvalue weighted by Gasteiger charge is -2.04. The Hall–Kier alpha value is -2.00. The molecule has 1 rings (SSSR count). The lowest BCUT2D eigenvalue weighted by atomic mass is 10.2. The van der Waals surface area contributed by atoms with Crippen molar-refractivity contribution in [1.82, 2.24) is 0 Å². The van der Waals surface area contributed by atoms with E-state index in [1.54, 1.807) is 0 Å². The number of hydrogen-bond donors (Lipinski definition) is 3. The number of carbonyl (C=O) groups is 1. The van der Waals surface area contributed by atoms with Crippen LogP contribution in [0.4, 0.5) is 5.69 Å². The first-order valence-corrected chi connectivity index (χ1v) is 5.23. The van der Waals surface area contributed by atoms with Gasteiger partial charge in [-0.15, -0.1) is 4.91 Å². The molecule has 16 heavy (non-hydrogen) atoms. The van der Waals surface area contributed by atoms with Crippen molar-refractivity contribution in [3.63, 3.8) is 0 Å². The Morgan fingerprint density at radius 2 is 2.00 bits per heavy atom. The van der Waals surface area contributed by atoms with Crippen LogP contribution in [0.3, 0.4) is 0 Å². The lowest BCUT2D eigenvalue weighted by Crippen LogP contribution is -2.05. The van der Waals surface area contributed by atoms with Crippen LogP contribution in [0.25, 0.3) is 0 Å². The summed E-state index contributed by atoms with van der Waals surface area (Å²) in [5.41, 5.74) is 1.19. The molecule has 0 saturated heterocycles. The monoisotopic (exact) mass is 246 g/mol. The Morgan fingerprint density at radius 1 is 1.38 bits per heavy atom. The summed E-state index contributed by atoms with van der Waals surface area (Å²) >= 11 is 0. The first kappa shape index (κ1) is 12.1. The van der Waals surface area contributed by atoms with E-state index < -0.39 is 26.5 Å². The van der Waals surface area contributed by atoms with Crippen molar-refractivity contribution in [3.05, 3.63) is 28.7 Å². The average molecular weight is 246 g/mol. The highest BCUT2D eigenvalue weighted by atomic mass is 32.2. The highest BCUT2D eigenvalue weighted by Gasteiger charge is 2.16. The normalized spacial score (nSPS) is 10.8. The standard InChI is InChI=1S/C7H6N2O6S/c10-7(11)5-3-4(16(13,14)15)1-2-6(5)8-9-12/h1-3H,(H,8,12)(H,10,11)(H,13,14,15). The maximum Gasteiger partial charge on any atom is 0.337 e. The number of rotatable bonds is 4. The topological polar surface area (TPSA) is 133 Å². The SMILES string of the molecule is O=NNc1ccc(S(=O)(=O)O)cc1C(=O)O. The molecule has 1 aromatic rings. The van der Waals surface area contributed by atoms with Gasteiger partial charge in [0.05, 0.1) is 21.4 Å². The second-order valence-electron chi connectivity index (χ2n) is 2.69. The molecule has 0 spiro atoms. The Morgan fingerprint density at radius 3 is 2.44 bits per heavy atom. The van der Waals surface area contributed by atoms with E-state index in [2.05, 4.69) is 5.29 Å². The molecule has 0 heterocycles. The van der Waals surface area contributed by atoms with Gasteiger partial charge in [-0.3, -0.25) is 4.55 Å². The molecule has 0 amide bonds. The van der Waals surface area contributed by atoms with Crippen LogP contribution < -0.4 is 5.43 Å². The van der Waals surface area contributed by atoms with Crippen molar-refractivity contribution in [2.24, 2.45) is 5.29 Å². The van der Waals surface area contributed by atoms with Crippen LogP contribution in [0.5, 0.6) is 0 Å². The largest absolute Gasteiger partial charge is 0.478 e. The predicted molar refractivity (Wildman–Crippen MR) is 52.6 cm³/mol. The van der Waals surface area contributed by atoms with Gasteiger partial charge in [0.15, 0.2) is 0 Å². The molecule has 0 aliphatic carbocycles. The maximum atomic E-state index is 10.7. The second-order valence-corrected chi connectivity index (χ2v) is 4.11. The predicted octanol–water partition coefficient (Wildman–Crippen LogP) is 0.725. The fourth-order valence-corrected chi connectivity index (χ4v) is 1.51. The van der Waals surface area contributed by atoms with Crippen molar-refractivity contribution in [2.75, 3.05) is 5.43 Å². The van der Waals surface area contributed by atoms with Crippen LogP contribution >= 0.6 is 0 Å². The molecule has 0 radical (unpaired) electrons. The average Bonchev–Trinajstić information content (AvgIpc) is 2.16. The molecule has 0 aliphatic heterocycles. The van der Waals surface area contributed by atoms with Gasteiger partial charge in [0.25, 0.3) is 10.1 Å². The minimum Gasteiger partial charge on any atom is -0.478 e. The van der Waals surface area contributed by atoms with E-state index in [4.69, 9.17) is 9.66 Å². The fraction of sp³-hybridized carbons (Fsp3) is 0. The molecular weight excluding hydrogens is 240 g/mol. The molecule has 0 aromatic heterocycles. The van der Waals surface area contributed by atoms with Crippen LogP contribution in [-0.4, -0.2) is 24.0 Å². The summed E-state index contributed by atoms with van der Waals surface area (Å²) in [7, 11) is -4.49. The van der Waals surface area contributed by atoms with Crippen LogP contribution in [0.1, 0.15) is 10.4 Å². The molecule has 86 valence electrons. The number of carboxylic acids is 1. The third kappa shape index (κ3) is 2.52. The molecule has 0 fully saturated rings. The third-order valence-corrected chi connectivity index (χ3v) is 2.54. The van der Waals surface area contributed by atoms with E-state index in [0.29, 0.717) is 6.07 Å². The molecular formula is C7H6N2O6S. The number of benzene rings is 1. The van der Waals surface area contributed by atoms with Crippen molar-refractivity contribution >= 4 is 21.8 Å². The molecule has 0 unspecified atom stereocenters. The molecule has 1 aromatic carbocycles. The van der Waals surface area contributed by atoms with Gasteiger partial charge >= 0.3 is 5.97 Å². The zero-order valence-corrected chi connectivity index (χ0v) is 8.43. The summed E-state index contributed by atoms with van der Waals surface area (Å²) in [6.07, 6.45) is 0. The summed E-state index contributed by atoms with van der Waals surface area (Å²) in [4.78, 5) is 20.0. The van der Waals surface area contributed by atoms with Crippen molar-refractivity contribution < 1.29 is 22.9 Å². The van der Waals surface area contributed by atoms with Gasteiger partial charge < -0.3 is 5.11 Å². The molecule has 0 bridgehead atoms. The minimum atomic E-state index is -4.49. The summed E-state index contributed by atoms with van der Waals surface area (Å²) in [5.74, 6) is -1.46. The fourth-order valence-electron chi connectivity index (χ4n) is 1.01. The number of carboxylic acid groups (broad SMARTS) is 1. The summed E-state index contributed by atoms with van der Waals surface area (Å²) in [5, 5.41) is 11.0. The van der Waals surface area contributed by atoms with Gasteiger partial charge in [-0.25, -0.2) is 10.2 Å². The zero-order valence-electron chi connectivity index (χ0n) is 7.61. The van der Waals surface area contributed by atoms with Gasteiger partial charge in [-0.2, -0.15) is 8.42 Å². The zero-order chi connectivity index (χ0) is 12.3. The van der Waals surface area contributed by atoms with Crippen LogP contribution in [0, 0.1) is 4.91 Å². The highest BCUT2D eigenvalue weighted by molar-refractivity contribution is 7.85. The van der Waals surface area contributed by atoms with E-state index in [0.717, 1.165) is 12.1 Å². The van der Waals surface area contributed by atoms with Gasteiger partial charge in [0.2, 0.25) is 0 Å². The molecule has 9 heteroatoms. The van der Waals surface area contributed by atoms with Crippen molar-refractivity contribution in [3.8, 4) is 0 Å². The molecule has 0 aliphatic rings. The molecule has 3 N–H and O–H groups in total. The Balaban J connectivity index is 3.39. The van der Waals surface area contributed by atoms with E-state index in [1.807, 2.05) is 5.43 Å². The van der Waals surface area contributed by atoms with Gasteiger partial charge in [-0.1, -0.05) is 0 Å². The van der Waals surface area contributed by atoms with E-state index in [-0.39, 0.29) is 5.69 Å². The molecule has 0 saturated carbocycles. The highest BCUT2D eigenvalue weighted by Crippen LogP contribution is 2.20. The van der Waals surface area contributed by atoms with E-state index in [1.165, 1.54) is 0 Å². The Bertz CT molecular complexity index is 538. The first-order valence-electron chi connectivity index (χ1n) is 3.79. The summed E-state index contributed by atoms with van der Waals surface area (Å²) in [6.45, 7) is 0.